The second-order valence-electron chi connectivity index (χ2n) is 7.07. The van der Waals surface area contributed by atoms with Crippen molar-refractivity contribution in [3.8, 4) is 0 Å². The minimum atomic E-state index is -0.954. The van der Waals surface area contributed by atoms with Crippen LogP contribution < -0.4 is 0 Å². The maximum absolute atomic E-state index is 12.6. The zero-order valence-corrected chi connectivity index (χ0v) is 15.6. The molecule has 1 aromatic rings. The first-order valence-electron chi connectivity index (χ1n) is 7.69. The Kier molecular flexibility index (Phi) is 6.57. The maximum Gasteiger partial charge on any atom is 0.334 e. The normalized spacial score (nSPS) is 14.4. The van der Waals surface area contributed by atoms with Gasteiger partial charge in [-0.05, 0) is 59.2 Å². The first-order chi connectivity index (χ1) is 10.5. The largest absolute Gasteiger partial charge is 0.458 e. The van der Waals surface area contributed by atoms with E-state index in [9.17, 15) is 4.79 Å². The molecule has 0 aliphatic heterocycles. The minimum absolute atomic E-state index is 0.326. The summed E-state index contributed by atoms with van der Waals surface area (Å²) < 4.78 is 5.54. The fourth-order valence-corrected chi connectivity index (χ4v) is 1.87. The van der Waals surface area contributed by atoms with E-state index in [1.807, 2.05) is 52.8 Å². The molecule has 0 heterocycles. The second-order valence-corrected chi connectivity index (χ2v) is 7.51. The van der Waals surface area contributed by atoms with Crippen LogP contribution in [0.5, 0.6) is 0 Å². The van der Waals surface area contributed by atoms with Crippen LogP contribution in [-0.2, 0) is 9.53 Å². The molecule has 1 atom stereocenters. The number of carbonyl (C=O) groups is 1. The van der Waals surface area contributed by atoms with Crippen LogP contribution in [-0.4, -0.2) is 23.3 Å². The fourth-order valence-electron chi connectivity index (χ4n) is 1.75. The highest BCUT2D eigenvalue weighted by atomic mass is 35.5. The molecule has 0 bridgehead atoms. The summed E-state index contributed by atoms with van der Waals surface area (Å²) in [6.07, 6.45) is 4.19. The number of halogens is 1. The van der Waals surface area contributed by atoms with E-state index in [-0.39, 0.29) is 5.97 Å². The minimum Gasteiger partial charge on any atom is -0.458 e. The van der Waals surface area contributed by atoms with Crippen molar-refractivity contribution in [2.24, 2.45) is 4.99 Å². The lowest BCUT2D eigenvalue weighted by molar-refractivity contribution is -0.160. The molecule has 0 saturated carbocycles. The smallest absolute Gasteiger partial charge is 0.334 e. The number of hydrogen-bond donors (Lipinski definition) is 0. The predicted octanol–water partition coefficient (Wildman–Crippen LogP) is 5.22. The predicted molar refractivity (Wildman–Crippen MR) is 97.3 cm³/mol. The number of benzene rings is 1. The van der Waals surface area contributed by atoms with Gasteiger partial charge in [0.15, 0.2) is 5.54 Å². The van der Waals surface area contributed by atoms with Gasteiger partial charge in [0.05, 0.1) is 0 Å². The van der Waals surface area contributed by atoms with E-state index in [0.29, 0.717) is 11.4 Å². The SMILES string of the molecule is CC(C)=CC[C@@](C)(N=Cc1ccc(Cl)cc1)C(=O)OC(C)(C)C. The molecule has 0 saturated heterocycles. The Bertz CT molecular complexity index is 593. The average molecular weight is 336 g/mol. The first kappa shape index (κ1) is 19.4. The number of hydrogen-bond acceptors (Lipinski definition) is 3. The quantitative estimate of drug-likeness (QED) is 0.420. The molecule has 0 N–H and O–H groups in total. The van der Waals surface area contributed by atoms with Gasteiger partial charge in [-0.3, -0.25) is 4.99 Å². The highest BCUT2D eigenvalue weighted by molar-refractivity contribution is 6.30. The second kappa shape index (κ2) is 7.78. The van der Waals surface area contributed by atoms with E-state index in [1.54, 1.807) is 25.3 Å². The lowest BCUT2D eigenvalue weighted by Gasteiger charge is -2.28. The third kappa shape index (κ3) is 7.00. The molecule has 0 amide bonds. The first-order valence-corrected chi connectivity index (χ1v) is 8.07. The maximum atomic E-state index is 12.6. The van der Waals surface area contributed by atoms with E-state index in [2.05, 4.69) is 4.99 Å². The number of ether oxygens (including phenoxy) is 1. The van der Waals surface area contributed by atoms with Crippen molar-refractivity contribution in [3.63, 3.8) is 0 Å². The van der Waals surface area contributed by atoms with Crippen molar-refractivity contribution in [2.75, 3.05) is 0 Å². The number of carbonyl (C=O) groups excluding carboxylic acids is 1. The van der Waals surface area contributed by atoms with Gasteiger partial charge in [-0.15, -0.1) is 0 Å². The number of allylic oxidation sites excluding steroid dienone is 1. The van der Waals surface area contributed by atoms with E-state index in [1.165, 1.54) is 0 Å². The zero-order chi connectivity index (χ0) is 17.7. The third-order valence-corrected chi connectivity index (χ3v) is 3.37. The zero-order valence-electron chi connectivity index (χ0n) is 14.8. The Hall–Kier alpha value is -1.61. The molecule has 1 rings (SSSR count). The Morgan fingerprint density at radius 1 is 1.17 bits per heavy atom. The van der Waals surface area contributed by atoms with Crippen LogP contribution in [0, 0.1) is 0 Å². The molecule has 0 aromatic heterocycles. The molecule has 0 spiro atoms. The lowest BCUT2D eigenvalue weighted by atomic mass is 9.96. The molecule has 4 heteroatoms. The monoisotopic (exact) mass is 335 g/mol. The lowest BCUT2D eigenvalue weighted by Crippen LogP contribution is -2.39. The number of nitrogens with zero attached hydrogens (tertiary/aromatic N) is 1. The molecule has 1 aromatic carbocycles. The van der Waals surface area contributed by atoms with Gasteiger partial charge in [-0.25, -0.2) is 4.79 Å². The van der Waals surface area contributed by atoms with Crippen LogP contribution >= 0.6 is 11.6 Å². The summed E-state index contributed by atoms with van der Waals surface area (Å²) in [4.78, 5) is 17.1. The van der Waals surface area contributed by atoms with Gasteiger partial charge >= 0.3 is 5.97 Å². The van der Waals surface area contributed by atoms with Crippen LogP contribution in [0.25, 0.3) is 0 Å². The van der Waals surface area contributed by atoms with Crippen molar-refractivity contribution in [2.45, 2.75) is 59.1 Å². The molecule has 0 unspecified atom stereocenters. The van der Waals surface area contributed by atoms with Crippen LogP contribution in [0.4, 0.5) is 0 Å². The van der Waals surface area contributed by atoms with Crippen molar-refractivity contribution in [3.05, 3.63) is 46.5 Å². The average Bonchev–Trinajstić information content (AvgIpc) is 2.42. The van der Waals surface area contributed by atoms with E-state index in [4.69, 9.17) is 16.3 Å². The molecule has 0 aliphatic rings. The van der Waals surface area contributed by atoms with Crippen molar-refractivity contribution in [1.82, 2.24) is 0 Å². The topological polar surface area (TPSA) is 38.7 Å². The van der Waals surface area contributed by atoms with Gasteiger partial charge in [0.25, 0.3) is 0 Å². The van der Waals surface area contributed by atoms with Gasteiger partial charge in [-0.2, -0.15) is 0 Å². The Labute approximate surface area is 144 Å². The van der Waals surface area contributed by atoms with Gasteiger partial charge < -0.3 is 4.74 Å². The van der Waals surface area contributed by atoms with Crippen molar-refractivity contribution < 1.29 is 9.53 Å². The highest BCUT2D eigenvalue weighted by Gasteiger charge is 2.35. The van der Waals surface area contributed by atoms with Crippen LogP contribution in [0.1, 0.15) is 53.5 Å². The molecule has 0 aliphatic carbocycles. The molecular formula is C19H26ClNO2. The summed E-state index contributed by atoms with van der Waals surface area (Å²) >= 11 is 5.88. The molecule has 3 nitrogen and oxygen atoms in total. The van der Waals surface area contributed by atoms with Gasteiger partial charge in [0.1, 0.15) is 5.60 Å². The third-order valence-electron chi connectivity index (χ3n) is 3.11. The summed E-state index contributed by atoms with van der Waals surface area (Å²) in [5.41, 5.74) is 0.534. The van der Waals surface area contributed by atoms with Crippen LogP contribution in [0.2, 0.25) is 5.02 Å². The summed E-state index contributed by atoms with van der Waals surface area (Å²) in [7, 11) is 0. The number of rotatable bonds is 5. The standard InChI is InChI=1S/C19H26ClNO2/c1-14(2)11-12-19(6,17(22)23-18(3,4)5)21-13-15-7-9-16(20)10-8-15/h7-11,13H,12H2,1-6H3/t19-/m1/s1. The Morgan fingerprint density at radius 3 is 2.22 bits per heavy atom. The van der Waals surface area contributed by atoms with Crippen LogP contribution in [0.15, 0.2) is 40.9 Å². The number of esters is 1. The van der Waals surface area contributed by atoms with Crippen LogP contribution in [0.3, 0.4) is 0 Å². The molecule has 126 valence electrons. The highest BCUT2D eigenvalue weighted by Crippen LogP contribution is 2.23. The van der Waals surface area contributed by atoms with Crippen molar-refractivity contribution in [1.29, 1.82) is 0 Å². The van der Waals surface area contributed by atoms with E-state index < -0.39 is 11.1 Å². The molecule has 0 fully saturated rings. The summed E-state index contributed by atoms with van der Waals surface area (Å²) in [6, 6.07) is 7.32. The Balaban J connectivity index is 3.05. The molecular weight excluding hydrogens is 310 g/mol. The van der Waals surface area contributed by atoms with Gasteiger partial charge in [0.2, 0.25) is 0 Å². The van der Waals surface area contributed by atoms with Crippen molar-refractivity contribution >= 4 is 23.8 Å². The number of aliphatic imine (C=N–C) groups is 1. The van der Waals surface area contributed by atoms with Gasteiger partial charge in [-0.1, -0.05) is 35.4 Å². The fraction of sp³-hybridized carbons (Fsp3) is 0.474. The summed E-state index contributed by atoms with van der Waals surface area (Å²) in [5, 5.41) is 0.668. The summed E-state index contributed by atoms with van der Waals surface area (Å²) in [5.74, 6) is -0.326. The van der Waals surface area contributed by atoms with E-state index in [0.717, 1.165) is 11.1 Å². The molecule has 0 radical (unpaired) electrons. The summed E-state index contributed by atoms with van der Waals surface area (Å²) in [6.45, 7) is 11.4. The van der Waals surface area contributed by atoms with Gasteiger partial charge in [0, 0.05) is 17.7 Å². The Morgan fingerprint density at radius 2 is 1.74 bits per heavy atom. The molecule has 23 heavy (non-hydrogen) atoms. The van der Waals surface area contributed by atoms with E-state index >= 15 is 0 Å².